The lowest BCUT2D eigenvalue weighted by molar-refractivity contribution is -0.115. The standard InChI is InChI=1S/C18H16BrN5O2/c19-15-5-1-4-14(9-15)18(26)21-11-17(25)22-16-6-8-24(23-16)12-13-3-2-7-20-10-13/h1-10H,11-12H2,(H,21,26)(H,22,23,25). The molecule has 1 aromatic carbocycles. The molecule has 0 radical (unpaired) electrons. The molecule has 0 spiro atoms. The van der Waals surface area contributed by atoms with Crippen LogP contribution in [0.4, 0.5) is 5.82 Å². The van der Waals surface area contributed by atoms with Gasteiger partial charge in [0.25, 0.3) is 5.91 Å². The summed E-state index contributed by atoms with van der Waals surface area (Å²) in [6, 6.07) is 12.5. The highest BCUT2D eigenvalue weighted by atomic mass is 79.9. The topological polar surface area (TPSA) is 88.9 Å². The number of hydrogen-bond donors (Lipinski definition) is 2. The van der Waals surface area contributed by atoms with Gasteiger partial charge in [0, 0.05) is 34.7 Å². The fraction of sp³-hybridized carbons (Fsp3) is 0.111. The highest BCUT2D eigenvalue weighted by Crippen LogP contribution is 2.11. The Kier molecular flexibility index (Phi) is 5.75. The zero-order valence-electron chi connectivity index (χ0n) is 13.7. The summed E-state index contributed by atoms with van der Waals surface area (Å²) in [6.07, 6.45) is 5.24. The Morgan fingerprint density at radius 3 is 2.81 bits per heavy atom. The van der Waals surface area contributed by atoms with E-state index in [9.17, 15) is 9.59 Å². The number of carbonyl (C=O) groups excluding carboxylic acids is 2. The quantitative estimate of drug-likeness (QED) is 0.649. The number of anilines is 1. The van der Waals surface area contributed by atoms with E-state index in [4.69, 9.17) is 0 Å². The van der Waals surface area contributed by atoms with Crippen molar-refractivity contribution in [2.45, 2.75) is 6.54 Å². The molecular formula is C18H16BrN5O2. The number of rotatable bonds is 6. The molecular weight excluding hydrogens is 398 g/mol. The van der Waals surface area contributed by atoms with E-state index in [1.807, 2.05) is 18.2 Å². The minimum atomic E-state index is -0.347. The minimum absolute atomic E-state index is 0.138. The first-order valence-corrected chi connectivity index (χ1v) is 8.65. The van der Waals surface area contributed by atoms with Gasteiger partial charge < -0.3 is 10.6 Å². The van der Waals surface area contributed by atoms with Gasteiger partial charge in [0.1, 0.15) is 0 Å². The van der Waals surface area contributed by atoms with Crippen LogP contribution in [0.3, 0.4) is 0 Å². The zero-order valence-corrected chi connectivity index (χ0v) is 15.3. The summed E-state index contributed by atoms with van der Waals surface area (Å²) in [4.78, 5) is 28.1. The summed E-state index contributed by atoms with van der Waals surface area (Å²) in [7, 11) is 0. The molecule has 2 N–H and O–H groups in total. The highest BCUT2D eigenvalue weighted by Gasteiger charge is 2.10. The molecule has 0 saturated carbocycles. The second-order valence-corrected chi connectivity index (χ2v) is 6.42. The second-order valence-electron chi connectivity index (χ2n) is 5.50. The number of amides is 2. The number of nitrogens with one attached hydrogen (secondary N) is 2. The summed E-state index contributed by atoms with van der Waals surface area (Å²) in [5.74, 6) is -0.237. The highest BCUT2D eigenvalue weighted by molar-refractivity contribution is 9.10. The van der Waals surface area contributed by atoms with E-state index in [0.29, 0.717) is 17.9 Å². The number of halogens is 1. The fourth-order valence-electron chi connectivity index (χ4n) is 2.27. The second kappa shape index (κ2) is 8.39. The summed E-state index contributed by atoms with van der Waals surface area (Å²) in [5.41, 5.74) is 1.49. The van der Waals surface area contributed by atoms with Gasteiger partial charge in [0.05, 0.1) is 13.1 Å². The molecule has 0 bridgehead atoms. The molecule has 0 aliphatic carbocycles. The van der Waals surface area contributed by atoms with Crippen molar-refractivity contribution in [2.75, 3.05) is 11.9 Å². The van der Waals surface area contributed by atoms with Crippen molar-refractivity contribution in [3.63, 3.8) is 0 Å². The van der Waals surface area contributed by atoms with Crippen LogP contribution in [0.2, 0.25) is 0 Å². The van der Waals surface area contributed by atoms with E-state index in [2.05, 4.69) is 36.6 Å². The Balaban J connectivity index is 1.50. The average molecular weight is 414 g/mol. The van der Waals surface area contributed by atoms with E-state index in [0.717, 1.165) is 10.0 Å². The van der Waals surface area contributed by atoms with Crippen molar-refractivity contribution >= 4 is 33.6 Å². The van der Waals surface area contributed by atoms with Crippen molar-refractivity contribution in [1.82, 2.24) is 20.1 Å². The lowest BCUT2D eigenvalue weighted by Crippen LogP contribution is -2.32. The number of hydrogen-bond acceptors (Lipinski definition) is 4. The average Bonchev–Trinajstić information content (AvgIpc) is 3.07. The van der Waals surface area contributed by atoms with E-state index < -0.39 is 0 Å². The van der Waals surface area contributed by atoms with Crippen LogP contribution in [0.5, 0.6) is 0 Å². The number of carbonyl (C=O) groups is 2. The molecule has 0 unspecified atom stereocenters. The Morgan fingerprint density at radius 2 is 2.04 bits per heavy atom. The molecule has 132 valence electrons. The van der Waals surface area contributed by atoms with Crippen molar-refractivity contribution < 1.29 is 9.59 Å². The SMILES string of the molecule is O=C(CNC(=O)c1cccc(Br)c1)Nc1ccn(Cc2cccnc2)n1. The predicted molar refractivity (Wildman–Crippen MR) is 101 cm³/mol. The summed E-state index contributed by atoms with van der Waals surface area (Å²) >= 11 is 3.31. The Labute approximate surface area is 158 Å². The smallest absolute Gasteiger partial charge is 0.251 e. The third-order valence-corrected chi connectivity index (χ3v) is 3.97. The number of nitrogens with zero attached hydrogens (tertiary/aromatic N) is 3. The lowest BCUT2D eigenvalue weighted by Gasteiger charge is -2.06. The maximum atomic E-state index is 12.0. The largest absolute Gasteiger partial charge is 0.343 e. The van der Waals surface area contributed by atoms with E-state index >= 15 is 0 Å². The molecule has 0 aliphatic heterocycles. The van der Waals surface area contributed by atoms with Crippen LogP contribution in [-0.2, 0) is 11.3 Å². The van der Waals surface area contributed by atoms with Gasteiger partial charge in [-0.1, -0.05) is 28.1 Å². The van der Waals surface area contributed by atoms with Crippen LogP contribution in [-0.4, -0.2) is 33.1 Å². The number of aromatic nitrogens is 3. The van der Waals surface area contributed by atoms with E-state index in [-0.39, 0.29) is 18.4 Å². The van der Waals surface area contributed by atoms with Crippen LogP contribution < -0.4 is 10.6 Å². The Hall–Kier alpha value is -3.00. The van der Waals surface area contributed by atoms with Crippen molar-refractivity contribution in [1.29, 1.82) is 0 Å². The molecule has 3 aromatic rings. The van der Waals surface area contributed by atoms with Gasteiger partial charge >= 0.3 is 0 Å². The van der Waals surface area contributed by atoms with Crippen LogP contribution in [0.1, 0.15) is 15.9 Å². The molecule has 2 amide bonds. The van der Waals surface area contributed by atoms with E-state index in [1.54, 1.807) is 47.5 Å². The molecule has 8 heteroatoms. The van der Waals surface area contributed by atoms with Crippen LogP contribution in [0, 0.1) is 0 Å². The fourth-order valence-corrected chi connectivity index (χ4v) is 2.67. The molecule has 3 rings (SSSR count). The van der Waals surface area contributed by atoms with Crippen molar-refractivity contribution in [2.24, 2.45) is 0 Å². The Bertz CT molecular complexity index is 911. The van der Waals surface area contributed by atoms with Gasteiger partial charge in [-0.2, -0.15) is 5.10 Å². The van der Waals surface area contributed by atoms with E-state index in [1.165, 1.54) is 0 Å². The number of benzene rings is 1. The normalized spacial score (nSPS) is 10.3. The first kappa shape index (κ1) is 17.8. The molecule has 0 aliphatic rings. The molecule has 2 aromatic heterocycles. The molecule has 2 heterocycles. The van der Waals surface area contributed by atoms with Gasteiger partial charge in [-0.15, -0.1) is 0 Å². The maximum absolute atomic E-state index is 12.0. The zero-order chi connectivity index (χ0) is 18.4. The number of pyridine rings is 1. The van der Waals surface area contributed by atoms with Gasteiger partial charge in [0.15, 0.2) is 5.82 Å². The molecule has 26 heavy (non-hydrogen) atoms. The Morgan fingerprint density at radius 1 is 1.15 bits per heavy atom. The van der Waals surface area contributed by atoms with Crippen LogP contribution >= 0.6 is 15.9 Å². The molecule has 0 fully saturated rings. The molecule has 7 nitrogen and oxygen atoms in total. The first-order chi connectivity index (χ1) is 12.6. The first-order valence-electron chi connectivity index (χ1n) is 7.86. The van der Waals surface area contributed by atoms with Crippen molar-refractivity contribution in [3.8, 4) is 0 Å². The monoisotopic (exact) mass is 413 g/mol. The van der Waals surface area contributed by atoms with Gasteiger partial charge in [-0.25, -0.2) is 0 Å². The van der Waals surface area contributed by atoms with Crippen LogP contribution in [0.15, 0.2) is 65.5 Å². The molecule has 0 atom stereocenters. The van der Waals surface area contributed by atoms with Gasteiger partial charge in [0.2, 0.25) is 5.91 Å². The predicted octanol–water partition coefficient (Wildman–Crippen LogP) is 2.46. The van der Waals surface area contributed by atoms with Crippen LogP contribution in [0.25, 0.3) is 0 Å². The summed E-state index contributed by atoms with van der Waals surface area (Å²) in [6.45, 7) is 0.421. The lowest BCUT2D eigenvalue weighted by atomic mass is 10.2. The van der Waals surface area contributed by atoms with Gasteiger partial charge in [-0.3, -0.25) is 19.3 Å². The maximum Gasteiger partial charge on any atom is 0.251 e. The van der Waals surface area contributed by atoms with Crippen molar-refractivity contribution in [3.05, 3.63) is 76.7 Å². The summed E-state index contributed by atoms with van der Waals surface area (Å²) in [5, 5.41) is 9.51. The summed E-state index contributed by atoms with van der Waals surface area (Å²) < 4.78 is 2.50. The van der Waals surface area contributed by atoms with Gasteiger partial charge in [-0.05, 0) is 29.8 Å². The third-order valence-electron chi connectivity index (χ3n) is 3.47. The third kappa shape index (κ3) is 5.00. The molecule has 0 saturated heterocycles. The minimum Gasteiger partial charge on any atom is -0.343 e.